The standard InChI is InChI=1S/C10H12F5N3O/c1-3-6-17-7(16-2)4-8(18-6)19-5-9(11,12)10(13,14)15/h4H,3,5H2,1-2H3,(H,16,17,18). The molecule has 0 amide bonds. The summed E-state index contributed by atoms with van der Waals surface area (Å²) in [5.41, 5.74) is 0. The Hall–Kier alpha value is -1.67. The van der Waals surface area contributed by atoms with Gasteiger partial charge in [0.25, 0.3) is 0 Å². The summed E-state index contributed by atoms with van der Waals surface area (Å²) < 4.78 is 65.6. The van der Waals surface area contributed by atoms with Crippen molar-refractivity contribution >= 4 is 5.82 Å². The van der Waals surface area contributed by atoms with Crippen LogP contribution in [0.5, 0.6) is 5.88 Å². The summed E-state index contributed by atoms with van der Waals surface area (Å²) >= 11 is 0. The van der Waals surface area contributed by atoms with Gasteiger partial charge >= 0.3 is 12.1 Å². The number of rotatable bonds is 5. The number of halogens is 5. The normalized spacial score (nSPS) is 12.4. The summed E-state index contributed by atoms with van der Waals surface area (Å²) in [7, 11) is 1.52. The van der Waals surface area contributed by atoms with Crippen LogP contribution in [0.25, 0.3) is 0 Å². The molecule has 0 aliphatic carbocycles. The lowest BCUT2D eigenvalue weighted by Crippen LogP contribution is -2.41. The van der Waals surface area contributed by atoms with Gasteiger partial charge in [-0.05, 0) is 0 Å². The van der Waals surface area contributed by atoms with Crippen LogP contribution in [-0.2, 0) is 6.42 Å². The molecule has 0 saturated heterocycles. The van der Waals surface area contributed by atoms with E-state index in [0.717, 1.165) is 6.07 Å². The monoisotopic (exact) mass is 285 g/mol. The molecule has 0 radical (unpaired) electrons. The van der Waals surface area contributed by atoms with E-state index in [4.69, 9.17) is 0 Å². The van der Waals surface area contributed by atoms with Crippen LogP contribution in [0.1, 0.15) is 12.7 Å². The summed E-state index contributed by atoms with van der Waals surface area (Å²) in [5, 5.41) is 2.63. The van der Waals surface area contributed by atoms with Crippen LogP contribution in [0, 0.1) is 0 Å². The van der Waals surface area contributed by atoms with Gasteiger partial charge in [-0.1, -0.05) is 6.92 Å². The second-order valence-corrected chi connectivity index (χ2v) is 3.60. The number of anilines is 1. The minimum atomic E-state index is -5.65. The highest BCUT2D eigenvalue weighted by atomic mass is 19.4. The zero-order chi connectivity index (χ0) is 14.7. The summed E-state index contributed by atoms with van der Waals surface area (Å²) in [6.45, 7) is -0.108. The lowest BCUT2D eigenvalue weighted by molar-refractivity contribution is -0.290. The highest BCUT2D eigenvalue weighted by Crippen LogP contribution is 2.35. The van der Waals surface area contributed by atoms with Crippen molar-refractivity contribution in [1.29, 1.82) is 0 Å². The molecule has 0 fully saturated rings. The topological polar surface area (TPSA) is 47.0 Å². The van der Waals surface area contributed by atoms with Crippen molar-refractivity contribution in [3.05, 3.63) is 11.9 Å². The Labute approximate surface area is 106 Å². The highest BCUT2D eigenvalue weighted by molar-refractivity contribution is 5.37. The maximum atomic E-state index is 12.7. The Bertz CT molecular complexity index is 413. The molecule has 9 heteroatoms. The van der Waals surface area contributed by atoms with Crippen molar-refractivity contribution in [3.8, 4) is 5.88 Å². The van der Waals surface area contributed by atoms with E-state index in [1.54, 1.807) is 6.92 Å². The Morgan fingerprint density at radius 2 is 1.84 bits per heavy atom. The summed E-state index contributed by atoms with van der Waals surface area (Å²) in [4.78, 5) is 7.66. The second-order valence-electron chi connectivity index (χ2n) is 3.60. The van der Waals surface area contributed by atoms with Crippen LogP contribution in [0.15, 0.2) is 6.07 Å². The first kappa shape index (κ1) is 15.4. The molecule has 19 heavy (non-hydrogen) atoms. The number of alkyl halides is 5. The van der Waals surface area contributed by atoms with Gasteiger partial charge in [0, 0.05) is 19.5 Å². The molecule has 108 valence electrons. The fourth-order valence-corrected chi connectivity index (χ4v) is 1.08. The largest absolute Gasteiger partial charge is 0.471 e. The minimum absolute atomic E-state index is 0.275. The smallest absolute Gasteiger partial charge is 0.456 e. The molecular formula is C10H12F5N3O. The number of hydrogen-bond acceptors (Lipinski definition) is 4. The van der Waals surface area contributed by atoms with Crippen LogP contribution < -0.4 is 10.1 Å². The zero-order valence-electron chi connectivity index (χ0n) is 10.2. The van der Waals surface area contributed by atoms with Gasteiger partial charge in [-0.15, -0.1) is 0 Å². The number of hydrogen-bond donors (Lipinski definition) is 1. The molecule has 1 aromatic heterocycles. The molecule has 1 rings (SSSR count). The van der Waals surface area contributed by atoms with Gasteiger partial charge in [0.15, 0.2) is 6.61 Å². The number of aromatic nitrogens is 2. The van der Waals surface area contributed by atoms with Gasteiger partial charge in [-0.25, -0.2) is 4.98 Å². The van der Waals surface area contributed by atoms with E-state index in [1.807, 2.05) is 0 Å². The van der Waals surface area contributed by atoms with Crippen LogP contribution in [-0.4, -0.2) is 35.7 Å². The number of nitrogens with zero attached hydrogens (tertiary/aromatic N) is 2. The molecule has 1 N–H and O–H groups in total. The van der Waals surface area contributed by atoms with Crippen molar-refractivity contribution in [2.24, 2.45) is 0 Å². The fraction of sp³-hybridized carbons (Fsp3) is 0.600. The van der Waals surface area contributed by atoms with Crippen LogP contribution in [0.3, 0.4) is 0 Å². The first-order chi connectivity index (χ1) is 8.69. The first-order valence-corrected chi connectivity index (χ1v) is 5.32. The second kappa shape index (κ2) is 5.54. The molecule has 0 spiro atoms. The Morgan fingerprint density at radius 3 is 2.32 bits per heavy atom. The van der Waals surface area contributed by atoms with Crippen LogP contribution in [0.4, 0.5) is 27.8 Å². The van der Waals surface area contributed by atoms with Gasteiger partial charge in [0.1, 0.15) is 11.6 Å². The molecule has 4 nitrogen and oxygen atoms in total. The van der Waals surface area contributed by atoms with E-state index in [0.29, 0.717) is 6.42 Å². The fourth-order valence-electron chi connectivity index (χ4n) is 1.08. The van der Waals surface area contributed by atoms with Crippen LogP contribution in [0.2, 0.25) is 0 Å². The Balaban J connectivity index is 2.83. The van der Waals surface area contributed by atoms with Crippen molar-refractivity contribution < 1.29 is 26.7 Å². The number of aryl methyl sites for hydroxylation is 1. The van der Waals surface area contributed by atoms with Crippen molar-refractivity contribution in [2.45, 2.75) is 25.4 Å². The molecule has 0 bridgehead atoms. The molecular weight excluding hydrogens is 273 g/mol. The summed E-state index contributed by atoms with van der Waals surface area (Å²) in [6.07, 6.45) is -5.26. The molecule has 0 aliphatic heterocycles. The molecule has 0 saturated carbocycles. The van der Waals surface area contributed by atoms with Crippen LogP contribution >= 0.6 is 0 Å². The maximum Gasteiger partial charge on any atom is 0.456 e. The third kappa shape index (κ3) is 3.90. The highest BCUT2D eigenvalue weighted by Gasteiger charge is 2.58. The predicted molar refractivity (Wildman–Crippen MR) is 57.5 cm³/mol. The molecule has 1 aromatic rings. The minimum Gasteiger partial charge on any atom is -0.471 e. The Morgan fingerprint density at radius 1 is 1.21 bits per heavy atom. The molecule has 1 heterocycles. The van der Waals surface area contributed by atoms with Gasteiger partial charge < -0.3 is 10.1 Å². The van der Waals surface area contributed by atoms with E-state index in [2.05, 4.69) is 20.0 Å². The summed E-state index contributed by atoms with van der Waals surface area (Å²) in [5.74, 6) is -4.71. The Kier molecular flexibility index (Phi) is 4.48. The van der Waals surface area contributed by atoms with Gasteiger partial charge in [0.2, 0.25) is 5.88 Å². The average Bonchev–Trinajstić information content (AvgIpc) is 2.34. The predicted octanol–water partition coefficient (Wildman–Crippen LogP) is 2.66. The maximum absolute atomic E-state index is 12.7. The van der Waals surface area contributed by atoms with Crippen molar-refractivity contribution in [1.82, 2.24) is 9.97 Å². The third-order valence-corrected chi connectivity index (χ3v) is 2.14. The van der Waals surface area contributed by atoms with Gasteiger partial charge in [-0.3, -0.25) is 0 Å². The van der Waals surface area contributed by atoms with E-state index in [-0.39, 0.29) is 17.5 Å². The average molecular weight is 285 g/mol. The zero-order valence-corrected chi connectivity index (χ0v) is 10.2. The van der Waals surface area contributed by atoms with Crippen molar-refractivity contribution in [3.63, 3.8) is 0 Å². The number of ether oxygens (including phenoxy) is 1. The van der Waals surface area contributed by atoms with E-state index >= 15 is 0 Å². The third-order valence-electron chi connectivity index (χ3n) is 2.14. The van der Waals surface area contributed by atoms with Gasteiger partial charge in [0.05, 0.1) is 0 Å². The molecule has 0 unspecified atom stereocenters. The van der Waals surface area contributed by atoms with E-state index in [9.17, 15) is 22.0 Å². The molecule has 0 atom stereocenters. The lowest BCUT2D eigenvalue weighted by atomic mass is 10.3. The SMILES string of the molecule is CCc1nc(NC)cc(OCC(F)(F)C(F)(F)F)n1. The van der Waals surface area contributed by atoms with E-state index in [1.165, 1.54) is 7.05 Å². The molecule has 0 aliphatic rings. The van der Waals surface area contributed by atoms with E-state index < -0.39 is 18.7 Å². The number of nitrogens with one attached hydrogen (secondary N) is 1. The summed E-state index contributed by atoms with van der Waals surface area (Å²) in [6, 6.07) is 1.14. The first-order valence-electron chi connectivity index (χ1n) is 5.32. The molecule has 0 aromatic carbocycles. The van der Waals surface area contributed by atoms with Crippen molar-refractivity contribution in [2.75, 3.05) is 19.0 Å². The van der Waals surface area contributed by atoms with Gasteiger partial charge in [-0.2, -0.15) is 26.9 Å². The lowest BCUT2D eigenvalue weighted by Gasteiger charge is -2.19. The quantitative estimate of drug-likeness (QED) is 0.845.